The number of guanidine groups is 1. The standard InChI is InChI=1S/C47H55N19O4/c1-32-9-12-34(13-10-32)58-21-15-56(16-22-58)20-26-61-44-52-41-39(65(44)66(3,4)46(61)68)47(36-7-5-27-69-36,37-8-6-28-70-37)53-42(63(41)48)54-62-31-49-30-35-40(62)51-43-60(45(67)55-64(35)43)25-19-57-17-23-59(24-18-57)38-14-11-33(2)29-50-38/h5-14,27-30H,15-26,31,48H2,1-4H3,(H-,53,54,55,67)/p+1. The molecule has 5 aliphatic rings. The third-order valence-electron chi connectivity index (χ3n) is 14.2. The van der Waals surface area contributed by atoms with Gasteiger partial charge in [-0.1, -0.05) is 23.8 Å². The number of nitrogens with one attached hydrogen (secondary N) is 2. The Morgan fingerprint density at radius 2 is 1.46 bits per heavy atom. The maximum Gasteiger partial charge on any atom is 0.450 e. The number of aromatic amines is 1. The minimum absolute atomic E-state index is 0.136. The summed E-state index contributed by atoms with van der Waals surface area (Å²) in [6.07, 6.45) is 6.75. The number of nitrogens with zero attached hydrogens (tertiary/aromatic N) is 16. The number of hydrazine groups is 2. The largest absolute Gasteiger partial charge is 0.466 e. The van der Waals surface area contributed by atoms with Crippen LogP contribution in [-0.4, -0.2) is 155 Å². The van der Waals surface area contributed by atoms with Gasteiger partial charge in [-0.25, -0.2) is 49.9 Å². The van der Waals surface area contributed by atoms with E-state index >= 15 is 0 Å². The molecule has 6 aromatic heterocycles. The molecule has 0 radical (unpaired) electrons. The first-order valence-electron chi connectivity index (χ1n) is 23.7. The molecule has 0 saturated carbocycles. The highest BCUT2D eigenvalue weighted by Crippen LogP contribution is 2.50. The number of piperazine rings is 2. The van der Waals surface area contributed by atoms with Gasteiger partial charge in [0.1, 0.15) is 43.8 Å². The Bertz CT molecular complexity index is 3130. The Morgan fingerprint density at radius 1 is 0.786 bits per heavy atom. The first-order valence-corrected chi connectivity index (χ1v) is 23.7. The van der Waals surface area contributed by atoms with Crippen molar-refractivity contribution in [2.24, 2.45) is 15.8 Å². The van der Waals surface area contributed by atoms with E-state index in [1.807, 2.05) is 44.0 Å². The summed E-state index contributed by atoms with van der Waals surface area (Å²) in [5.41, 5.74) is 6.26. The van der Waals surface area contributed by atoms with Crippen LogP contribution in [0.3, 0.4) is 0 Å². The Kier molecular flexibility index (Phi) is 10.4. The number of pyridine rings is 1. The second kappa shape index (κ2) is 16.8. The second-order valence-electron chi connectivity index (χ2n) is 18.9. The monoisotopic (exact) mass is 950 g/mol. The fraction of sp³-hybridized carbons (Fsp3) is 0.383. The first-order chi connectivity index (χ1) is 34.0. The van der Waals surface area contributed by atoms with Crippen LogP contribution < -0.4 is 46.3 Å². The zero-order chi connectivity index (χ0) is 47.9. The third kappa shape index (κ3) is 7.05. The molecule has 7 aromatic rings. The lowest BCUT2D eigenvalue weighted by molar-refractivity contribution is 0.191. The molecule has 4 N–H and O–H groups in total. The van der Waals surface area contributed by atoms with Crippen molar-refractivity contribution in [3.63, 3.8) is 0 Å². The van der Waals surface area contributed by atoms with Crippen LogP contribution in [-0.2, 0) is 12.1 Å². The summed E-state index contributed by atoms with van der Waals surface area (Å²) in [7, 11) is 3.66. The summed E-state index contributed by atoms with van der Waals surface area (Å²) >= 11 is 0. The number of hydrogen-bond donors (Lipinski definition) is 3. The van der Waals surface area contributed by atoms with Crippen molar-refractivity contribution < 1.29 is 13.6 Å². The Labute approximate surface area is 402 Å². The Hall–Kier alpha value is -7.73. The lowest BCUT2D eigenvalue weighted by Gasteiger charge is -2.38. The molecule has 0 spiro atoms. The molecule has 362 valence electrons. The number of quaternary nitrogens is 1. The molecular formula is C47H56N19O4+. The number of carbonyl (C=O) groups excluding carboxylic acids is 1. The molecule has 0 atom stereocenters. The number of imidazole rings is 2. The molecule has 0 unspecified atom stereocenters. The highest BCUT2D eigenvalue weighted by Gasteiger charge is 2.60. The fourth-order valence-electron chi connectivity index (χ4n) is 10.3. The molecular weight excluding hydrogens is 895 g/mol. The molecule has 23 heteroatoms. The number of furan rings is 2. The number of urea groups is 1. The van der Waals surface area contributed by atoms with E-state index in [4.69, 9.17) is 29.6 Å². The second-order valence-corrected chi connectivity index (χ2v) is 18.9. The van der Waals surface area contributed by atoms with Crippen molar-refractivity contribution in [2.75, 3.05) is 117 Å². The number of hydrogen-bond acceptors (Lipinski definition) is 17. The molecule has 0 bridgehead atoms. The van der Waals surface area contributed by atoms with Crippen molar-refractivity contribution in [1.82, 2.24) is 53.6 Å². The highest BCUT2D eigenvalue weighted by molar-refractivity contribution is 6.03. The predicted octanol–water partition coefficient (Wildman–Crippen LogP) is 2.24. The van der Waals surface area contributed by atoms with Crippen molar-refractivity contribution in [2.45, 2.75) is 25.9 Å². The molecule has 11 heterocycles. The summed E-state index contributed by atoms with van der Waals surface area (Å²) in [6, 6.07) is 19.9. The first kappa shape index (κ1) is 43.5. The topological polar surface area (TPSA) is 215 Å². The van der Waals surface area contributed by atoms with Crippen molar-refractivity contribution >= 4 is 53.1 Å². The number of fused-ring (bicyclic) bond motifs is 6. The molecule has 12 rings (SSSR count). The van der Waals surface area contributed by atoms with E-state index in [9.17, 15) is 9.59 Å². The van der Waals surface area contributed by atoms with Crippen LogP contribution >= 0.6 is 0 Å². The van der Waals surface area contributed by atoms with Gasteiger partial charge >= 0.3 is 11.7 Å². The number of benzene rings is 1. The molecule has 2 amide bonds. The van der Waals surface area contributed by atoms with Crippen molar-refractivity contribution in [1.29, 1.82) is 0 Å². The van der Waals surface area contributed by atoms with Gasteiger partial charge in [0.15, 0.2) is 17.3 Å². The number of amides is 2. The van der Waals surface area contributed by atoms with Crippen LogP contribution in [0.1, 0.15) is 34.0 Å². The van der Waals surface area contributed by atoms with Crippen molar-refractivity contribution in [3.05, 3.63) is 124 Å². The van der Waals surface area contributed by atoms with Crippen LogP contribution in [0.25, 0.3) is 5.78 Å². The Morgan fingerprint density at radius 3 is 2.11 bits per heavy atom. The van der Waals surface area contributed by atoms with E-state index in [2.05, 4.69) is 83.4 Å². The number of H-pyrrole nitrogens is 1. The van der Waals surface area contributed by atoms with Gasteiger partial charge in [-0.05, 0) is 61.9 Å². The summed E-state index contributed by atoms with van der Waals surface area (Å²) < 4.78 is 17.5. The summed E-state index contributed by atoms with van der Waals surface area (Å²) in [4.78, 5) is 64.1. The molecule has 0 aliphatic carbocycles. The zero-order valence-corrected chi connectivity index (χ0v) is 39.6. The van der Waals surface area contributed by atoms with Gasteiger partial charge in [0.25, 0.3) is 5.95 Å². The van der Waals surface area contributed by atoms with E-state index in [0.29, 0.717) is 72.4 Å². The molecule has 1 aromatic carbocycles. The van der Waals surface area contributed by atoms with Gasteiger partial charge in [-0.3, -0.25) is 24.8 Å². The van der Waals surface area contributed by atoms with E-state index in [0.717, 1.165) is 63.7 Å². The predicted molar refractivity (Wildman–Crippen MR) is 265 cm³/mol. The highest BCUT2D eigenvalue weighted by atomic mass is 16.3. The van der Waals surface area contributed by atoms with E-state index in [1.165, 1.54) is 16.3 Å². The van der Waals surface area contributed by atoms with Gasteiger partial charge in [-0.2, -0.15) is 9.97 Å². The lowest BCUT2D eigenvalue weighted by atomic mass is 9.88. The van der Waals surface area contributed by atoms with Crippen molar-refractivity contribution in [3.8, 4) is 0 Å². The minimum atomic E-state index is -1.52. The number of aliphatic imine (C=N–C) groups is 2. The maximum atomic E-state index is 14.6. The summed E-state index contributed by atoms with van der Waals surface area (Å²) in [6.45, 7) is 13.3. The van der Waals surface area contributed by atoms with Gasteiger partial charge in [0.05, 0.1) is 18.7 Å². The van der Waals surface area contributed by atoms with E-state index in [1.54, 1.807) is 49.9 Å². The van der Waals surface area contributed by atoms with Gasteiger partial charge in [-0.15, -0.1) is 9.27 Å². The third-order valence-corrected chi connectivity index (χ3v) is 14.2. The number of rotatable bonds is 11. The Balaban J connectivity index is 0.831. The van der Waals surface area contributed by atoms with E-state index in [-0.39, 0.29) is 28.9 Å². The molecule has 70 heavy (non-hydrogen) atoms. The summed E-state index contributed by atoms with van der Waals surface area (Å²) in [5.74, 6) is 10.8. The quantitative estimate of drug-likeness (QED) is 0.125. The normalized spacial score (nSPS) is 19.0. The van der Waals surface area contributed by atoms with Crippen LogP contribution in [0.4, 0.5) is 33.9 Å². The van der Waals surface area contributed by atoms with Crippen LogP contribution in [0, 0.1) is 13.8 Å². The van der Waals surface area contributed by atoms with Crippen LogP contribution in [0.5, 0.6) is 0 Å². The smallest absolute Gasteiger partial charge is 0.450 e. The molecule has 5 aliphatic heterocycles. The lowest BCUT2D eigenvalue weighted by Crippen LogP contribution is -2.60. The fourth-order valence-corrected chi connectivity index (χ4v) is 10.3. The van der Waals surface area contributed by atoms with Gasteiger partial charge in [0.2, 0.25) is 17.3 Å². The zero-order valence-electron chi connectivity index (χ0n) is 39.6. The number of nitrogens with two attached hydrogens (primary N) is 1. The van der Waals surface area contributed by atoms with E-state index < -0.39 is 5.54 Å². The average Bonchev–Trinajstić information content (AvgIpc) is 4.25. The summed E-state index contributed by atoms with van der Waals surface area (Å²) in [5, 5.41) is 6.07. The number of anilines is 5. The molecule has 23 nitrogen and oxygen atoms in total. The number of aromatic nitrogens is 7. The van der Waals surface area contributed by atoms with Crippen LogP contribution in [0.15, 0.2) is 103 Å². The minimum Gasteiger partial charge on any atom is -0.466 e. The van der Waals surface area contributed by atoms with Crippen LogP contribution in [0.2, 0.25) is 0 Å². The number of aryl methyl sites for hydroxylation is 2. The average molecular weight is 951 g/mol. The molecule has 2 saturated heterocycles. The SMILES string of the molecule is Cc1ccc(N2CCN(CCN3C(=O)[N+](C)(C)n4c3nc3c4C(c4ccco4)(c4ccco4)N=C(NN4CN=Cc5c4nc4n(CCN6CCN(c7ccc(C)cn7)CC6)c(=O)[nH]n54)N3N)CC2)cc1. The van der Waals surface area contributed by atoms with Gasteiger partial charge < -0.3 is 18.6 Å². The number of carbonyl (C=O) groups is 1. The van der Waals surface area contributed by atoms with Gasteiger partial charge in [0, 0.05) is 90.4 Å². The molecule has 2 fully saturated rings. The maximum absolute atomic E-state index is 14.6.